The maximum absolute atomic E-state index is 6.63. The van der Waals surface area contributed by atoms with Gasteiger partial charge in [0, 0.05) is 0 Å². The Balaban J connectivity index is 2.73. The minimum absolute atomic E-state index is 0.0270. The summed E-state index contributed by atoms with van der Waals surface area (Å²) < 4.78 is 6.63. The van der Waals surface area contributed by atoms with Gasteiger partial charge >= 0.3 is 0 Å². The maximum atomic E-state index is 6.63. The van der Waals surface area contributed by atoms with Crippen LogP contribution < -0.4 is 10.4 Å². The highest BCUT2D eigenvalue weighted by molar-refractivity contribution is 6.99. The van der Waals surface area contributed by atoms with Gasteiger partial charge in [-0.2, -0.15) is 0 Å². The van der Waals surface area contributed by atoms with E-state index in [1.807, 2.05) is 19.1 Å². The Kier molecular flexibility index (Phi) is 4.90. The van der Waals surface area contributed by atoms with Crippen molar-refractivity contribution in [1.29, 1.82) is 0 Å². The van der Waals surface area contributed by atoms with Crippen molar-refractivity contribution in [2.24, 2.45) is 0 Å². The Morgan fingerprint density at radius 1 is 0.909 bits per heavy atom. The van der Waals surface area contributed by atoms with Crippen molar-refractivity contribution in [3.8, 4) is 12.3 Å². The Hall–Kier alpha value is -1.82. The molecule has 2 heteroatoms. The highest BCUT2D eigenvalue weighted by Gasteiger charge is 2.50. The third-order valence-corrected chi connectivity index (χ3v) is 9.12. The highest BCUT2D eigenvalue weighted by atomic mass is 28.4. The zero-order valence-corrected chi connectivity index (χ0v) is 14.8. The minimum Gasteiger partial charge on any atom is -0.394 e. The van der Waals surface area contributed by atoms with Gasteiger partial charge in [0.05, 0.1) is 0 Å². The first-order valence-electron chi connectivity index (χ1n) is 7.67. The summed E-state index contributed by atoms with van der Waals surface area (Å²) >= 11 is 0. The molecule has 0 heterocycles. The minimum atomic E-state index is -2.48. The number of hydrogen-bond acceptors (Lipinski definition) is 1. The van der Waals surface area contributed by atoms with E-state index in [9.17, 15) is 0 Å². The predicted octanol–water partition coefficient (Wildman–Crippen LogP) is 3.58. The Labute approximate surface area is 135 Å². The molecule has 0 aromatic heterocycles. The lowest BCUT2D eigenvalue weighted by molar-refractivity contribution is 0.261. The van der Waals surface area contributed by atoms with Gasteiger partial charge in [-0.25, -0.2) is 0 Å². The van der Waals surface area contributed by atoms with Crippen LogP contribution in [0.3, 0.4) is 0 Å². The summed E-state index contributed by atoms with van der Waals surface area (Å²) in [5, 5.41) is 2.49. The third-order valence-electron chi connectivity index (χ3n) is 4.01. The van der Waals surface area contributed by atoms with E-state index in [-0.39, 0.29) is 11.1 Å². The molecule has 0 saturated carbocycles. The second-order valence-corrected chi connectivity index (χ2v) is 10.8. The van der Waals surface area contributed by atoms with Gasteiger partial charge in [-0.05, 0) is 22.3 Å². The fourth-order valence-corrected chi connectivity index (χ4v) is 7.60. The summed E-state index contributed by atoms with van der Waals surface area (Å²) in [5.74, 6) is 2.74. The molecule has 0 aliphatic rings. The number of terminal acetylenes is 1. The lowest BCUT2D eigenvalue weighted by atomic mass is 10.2. The van der Waals surface area contributed by atoms with Gasteiger partial charge in [-0.3, -0.25) is 0 Å². The van der Waals surface area contributed by atoms with E-state index in [0.29, 0.717) is 0 Å². The topological polar surface area (TPSA) is 9.23 Å². The summed E-state index contributed by atoms with van der Waals surface area (Å²) in [5.41, 5.74) is 0. The van der Waals surface area contributed by atoms with Crippen LogP contribution in [0, 0.1) is 12.3 Å². The van der Waals surface area contributed by atoms with E-state index in [1.165, 1.54) is 10.4 Å². The number of hydrogen-bond donors (Lipinski definition) is 0. The predicted molar refractivity (Wildman–Crippen MR) is 97.0 cm³/mol. The lowest BCUT2D eigenvalue weighted by Crippen LogP contribution is -2.67. The van der Waals surface area contributed by atoms with Crippen LogP contribution in [0.25, 0.3) is 0 Å². The molecule has 2 aromatic rings. The van der Waals surface area contributed by atoms with Crippen LogP contribution in [-0.4, -0.2) is 14.4 Å². The van der Waals surface area contributed by atoms with E-state index in [2.05, 4.69) is 75.2 Å². The van der Waals surface area contributed by atoms with Gasteiger partial charge in [-0.1, -0.05) is 87.4 Å². The second kappa shape index (κ2) is 6.52. The molecule has 1 atom stereocenters. The van der Waals surface area contributed by atoms with Crippen LogP contribution >= 0.6 is 0 Å². The highest BCUT2D eigenvalue weighted by Crippen LogP contribution is 2.37. The monoisotopic (exact) mass is 308 g/mol. The molecule has 0 aliphatic carbocycles. The van der Waals surface area contributed by atoms with E-state index >= 15 is 0 Å². The average Bonchev–Trinajstić information content (AvgIpc) is 2.52. The molecule has 0 spiro atoms. The molecule has 0 fully saturated rings. The van der Waals surface area contributed by atoms with Crippen LogP contribution in [-0.2, 0) is 4.43 Å². The molecule has 0 bridgehead atoms. The van der Waals surface area contributed by atoms with Gasteiger partial charge in [0.15, 0.2) is 0 Å². The zero-order chi connectivity index (χ0) is 16.2. The number of rotatable bonds is 4. The van der Waals surface area contributed by atoms with Gasteiger partial charge in [-0.15, -0.1) is 6.42 Å². The number of benzene rings is 2. The molecular formula is C20H24OSi. The molecule has 114 valence electrons. The first-order valence-corrected chi connectivity index (χ1v) is 9.57. The van der Waals surface area contributed by atoms with Crippen LogP contribution in [0.2, 0.25) is 5.04 Å². The van der Waals surface area contributed by atoms with Crippen molar-refractivity contribution in [1.82, 2.24) is 0 Å². The Morgan fingerprint density at radius 3 is 1.64 bits per heavy atom. The molecule has 0 aliphatic heterocycles. The summed E-state index contributed by atoms with van der Waals surface area (Å²) in [6, 6.07) is 21.1. The fraction of sp³-hybridized carbons (Fsp3) is 0.300. The van der Waals surface area contributed by atoms with Gasteiger partial charge in [0.25, 0.3) is 8.32 Å². The van der Waals surface area contributed by atoms with Crippen molar-refractivity contribution >= 4 is 18.7 Å². The fourth-order valence-electron chi connectivity index (χ4n) is 2.99. The maximum Gasteiger partial charge on any atom is 0.262 e. The van der Waals surface area contributed by atoms with E-state index in [1.54, 1.807) is 0 Å². The van der Waals surface area contributed by atoms with Crippen molar-refractivity contribution in [3.05, 3.63) is 60.7 Å². The molecule has 0 saturated heterocycles. The second-order valence-electron chi connectivity index (χ2n) is 6.59. The quantitative estimate of drug-likeness (QED) is 0.619. The molecule has 0 radical (unpaired) electrons. The van der Waals surface area contributed by atoms with Crippen LogP contribution in [0.5, 0.6) is 0 Å². The van der Waals surface area contributed by atoms with Crippen molar-refractivity contribution in [2.45, 2.75) is 38.8 Å². The van der Waals surface area contributed by atoms with Crippen LogP contribution in [0.15, 0.2) is 60.7 Å². The van der Waals surface area contributed by atoms with Crippen LogP contribution in [0.4, 0.5) is 0 Å². The molecule has 2 aromatic carbocycles. The first-order chi connectivity index (χ1) is 10.4. The first kappa shape index (κ1) is 16.5. The van der Waals surface area contributed by atoms with Gasteiger partial charge in [0.1, 0.15) is 6.10 Å². The molecule has 1 nitrogen and oxygen atoms in total. The van der Waals surface area contributed by atoms with Crippen LogP contribution in [0.1, 0.15) is 27.7 Å². The van der Waals surface area contributed by atoms with E-state index in [0.717, 1.165) is 0 Å². The molecule has 0 N–H and O–H groups in total. The largest absolute Gasteiger partial charge is 0.394 e. The van der Waals surface area contributed by atoms with Crippen molar-refractivity contribution in [3.63, 3.8) is 0 Å². The average molecular weight is 308 g/mol. The normalized spacial score (nSPS) is 13.4. The standard InChI is InChI=1S/C20H24OSi/c1-6-17(2)21-22(20(3,4)5,18-13-9-7-10-14-18)19-15-11-8-12-16-19/h1,7-17H,2-5H3/t17-/m0/s1. The zero-order valence-electron chi connectivity index (χ0n) is 13.8. The third kappa shape index (κ3) is 3.01. The SMILES string of the molecule is C#C[C@H](C)O[Si](c1ccccc1)(c1ccccc1)C(C)(C)C. The van der Waals surface area contributed by atoms with E-state index < -0.39 is 8.32 Å². The molecule has 2 rings (SSSR count). The Morgan fingerprint density at radius 2 is 1.32 bits per heavy atom. The summed E-state index contributed by atoms with van der Waals surface area (Å²) in [6.07, 6.45) is 5.41. The molecular weight excluding hydrogens is 284 g/mol. The molecule has 22 heavy (non-hydrogen) atoms. The summed E-state index contributed by atoms with van der Waals surface area (Å²) in [6.45, 7) is 8.72. The molecule has 0 unspecified atom stereocenters. The van der Waals surface area contributed by atoms with Gasteiger partial charge < -0.3 is 4.43 Å². The Bertz CT molecular complexity index is 595. The molecule has 0 amide bonds. The van der Waals surface area contributed by atoms with Crippen molar-refractivity contribution < 1.29 is 4.43 Å². The van der Waals surface area contributed by atoms with Crippen molar-refractivity contribution in [2.75, 3.05) is 0 Å². The summed E-state index contributed by atoms with van der Waals surface area (Å²) in [7, 11) is -2.48. The smallest absolute Gasteiger partial charge is 0.262 e. The lowest BCUT2D eigenvalue weighted by Gasteiger charge is -2.43. The summed E-state index contributed by atoms with van der Waals surface area (Å²) in [4.78, 5) is 0. The van der Waals surface area contributed by atoms with Gasteiger partial charge in [0.2, 0.25) is 0 Å². The van der Waals surface area contributed by atoms with E-state index in [4.69, 9.17) is 10.8 Å².